The van der Waals surface area contributed by atoms with Crippen LogP contribution >= 0.6 is 11.6 Å². The first kappa shape index (κ1) is 21.7. The summed E-state index contributed by atoms with van der Waals surface area (Å²) in [7, 11) is 0. The molecule has 0 spiro atoms. The van der Waals surface area contributed by atoms with E-state index in [1.807, 2.05) is 6.92 Å². The number of nitro groups is 1. The zero-order chi connectivity index (χ0) is 22.4. The van der Waals surface area contributed by atoms with Gasteiger partial charge in [-0.05, 0) is 55.0 Å². The summed E-state index contributed by atoms with van der Waals surface area (Å²) >= 11 is 5.87. The zero-order valence-electron chi connectivity index (χ0n) is 16.5. The van der Waals surface area contributed by atoms with E-state index in [-0.39, 0.29) is 11.4 Å². The van der Waals surface area contributed by atoms with Gasteiger partial charge in [0.25, 0.3) is 17.5 Å². The Morgan fingerprint density at radius 2 is 1.68 bits per heavy atom. The Kier molecular flexibility index (Phi) is 6.79. The summed E-state index contributed by atoms with van der Waals surface area (Å²) < 4.78 is 0. The third-order valence-electron chi connectivity index (χ3n) is 4.30. The van der Waals surface area contributed by atoms with Gasteiger partial charge in [-0.3, -0.25) is 19.7 Å². The maximum atomic E-state index is 12.9. The van der Waals surface area contributed by atoms with E-state index in [1.165, 1.54) is 24.3 Å². The van der Waals surface area contributed by atoms with E-state index in [0.29, 0.717) is 21.8 Å². The first-order chi connectivity index (χ1) is 14.8. The zero-order valence-corrected chi connectivity index (χ0v) is 17.2. The summed E-state index contributed by atoms with van der Waals surface area (Å²) in [6.07, 6.45) is 1.38. The van der Waals surface area contributed by atoms with Crippen LogP contribution in [0.1, 0.15) is 21.5 Å². The van der Waals surface area contributed by atoms with Gasteiger partial charge in [-0.1, -0.05) is 41.4 Å². The van der Waals surface area contributed by atoms with E-state index >= 15 is 0 Å². The van der Waals surface area contributed by atoms with Crippen LogP contribution < -0.4 is 10.6 Å². The minimum atomic E-state index is -0.589. The second-order valence-electron chi connectivity index (χ2n) is 6.69. The Morgan fingerprint density at radius 3 is 2.32 bits per heavy atom. The normalized spacial score (nSPS) is 11.0. The minimum absolute atomic E-state index is 0.0685. The number of anilines is 1. The van der Waals surface area contributed by atoms with Gasteiger partial charge in [0.05, 0.1) is 4.92 Å². The Morgan fingerprint density at radius 1 is 1.00 bits per heavy atom. The van der Waals surface area contributed by atoms with Crippen LogP contribution in [0.3, 0.4) is 0 Å². The molecule has 0 heterocycles. The average molecular weight is 436 g/mol. The van der Waals surface area contributed by atoms with E-state index in [2.05, 4.69) is 10.6 Å². The lowest BCUT2D eigenvalue weighted by Crippen LogP contribution is -2.30. The topological polar surface area (TPSA) is 101 Å². The third kappa shape index (κ3) is 6.01. The summed E-state index contributed by atoms with van der Waals surface area (Å²) in [5.41, 5.74) is 2.03. The first-order valence-corrected chi connectivity index (χ1v) is 9.61. The number of nitro benzene ring substituents is 1. The van der Waals surface area contributed by atoms with Gasteiger partial charge in [-0.15, -0.1) is 0 Å². The van der Waals surface area contributed by atoms with Crippen molar-refractivity contribution >= 4 is 40.9 Å². The molecule has 0 aliphatic carbocycles. The molecule has 0 radical (unpaired) electrons. The molecule has 0 atom stereocenters. The highest BCUT2D eigenvalue weighted by Gasteiger charge is 2.16. The summed E-state index contributed by atoms with van der Waals surface area (Å²) in [6, 6.07) is 19.1. The Labute approximate surface area is 183 Å². The molecule has 7 nitrogen and oxygen atoms in total. The number of nitrogens with zero attached hydrogens (tertiary/aromatic N) is 1. The molecule has 0 fully saturated rings. The van der Waals surface area contributed by atoms with Crippen LogP contribution in [0.2, 0.25) is 5.02 Å². The van der Waals surface area contributed by atoms with Crippen molar-refractivity contribution in [1.29, 1.82) is 0 Å². The number of benzene rings is 3. The van der Waals surface area contributed by atoms with Crippen molar-refractivity contribution in [3.8, 4) is 0 Å². The lowest BCUT2D eigenvalue weighted by Gasteiger charge is -2.12. The number of rotatable bonds is 6. The predicted octanol–water partition coefficient (Wildman–Crippen LogP) is 4.97. The maximum Gasteiger partial charge on any atom is 0.272 e. The largest absolute Gasteiger partial charge is 0.321 e. The molecule has 0 aliphatic rings. The van der Waals surface area contributed by atoms with Crippen LogP contribution in [0.4, 0.5) is 11.4 Å². The minimum Gasteiger partial charge on any atom is -0.321 e. The smallest absolute Gasteiger partial charge is 0.272 e. The second-order valence-corrected chi connectivity index (χ2v) is 7.13. The summed E-state index contributed by atoms with van der Waals surface area (Å²) in [5, 5.41) is 16.8. The SMILES string of the molecule is Cc1ccc(C(=O)N/C(=C/c2cccc([N+](=O)[O-])c2)C(=O)Nc2ccc(Cl)cc2)cc1. The van der Waals surface area contributed by atoms with Crippen molar-refractivity contribution < 1.29 is 14.5 Å². The molecule has 0 unspecified atom stereocenters. The van der Waals surface area contributed by atoms with E-state index in [9.17, 15) is 19.7 Å². The molecule has 0 saturated heterocycles. The Hall–Kier alpha value is -3.97. The van der Waals surface area contributed by atoms with Gasteiger partial charge in [-0.2, -0.15) is 0 Å². The molecule has 156 valence electrons. The highest BCUT2D eigenvalue weighted by molar-refractivity contribution is 6.30. The Bertz CT molecular complexity index is 1160. The maximum absolute atomic E-state index is 12.9. The number of carbonyl (C=O) groups is 2. The van der Waals surface area contributed by atoms with Crippen LogP contribution in [-0.2, 0) is 4.79 Å². The van der Waals surface area contributed by atoms with Crippen LogP contribution in [0.25, 0.3) is 6.08 Å². The fraction of sp³-hybridized carbons (Fsp3) is 0.0435. The lowest BCUT2D eigenvalue weighted by molar-refractivity contribution is -0.384. The number of hydrogen-bond donors (Lipinski definition) is 2. The number of hydrogen-bond acceptors (Lipinski definition) is 4. The number of amides is 2. The fourth-order valence-corrected chi connectivity index (χ4v) is 2.81. The molecule has 8 heteroatoms. The third-order valence-corrected chi connectivity index (χ3v) is 4.55. The second kappa shape index (κ2) is 9.69. The van der Waals surface area contributed by atoms with Crippen molar-refractivity contribution in [2.45, 2.75) is 6.92 Å². The molecule has 0 bridgehead atoms. The number of aryl methyl sites for hydroxylation is 1. The van der Waals surface area contributed by atoms with Gasteiger partial charge in [0.1, 0.15) is 5.70 Å². The van der Waals surface area contributed by atoms with Gasteiger partial charge in [0.15, 0.2) is 0 Å². The van der Waals surface area contributed by atoms with E-state index < -0.39 is 16.7 Å². The van der Waals surface area contributed by atoms with Gasteiger partial charge < -0.3 is 10.6 Å². The van der Waals surface area contributed by atoms with Gasteiger partial charge in [0.2, 0.25) is 0 Å². The van der Waals surface area contributed by atoms with Crippen LogP contribution in [0, 0.1) is 17.0 Å². The first-order valence-electron chi connectivity index (χ1n) is 9.23. The van der Waals surface area contributed by atoms with Gasteiger partial charge in [0, 0.05) is 28.4 Å². The van der Waals surface area contributed by atoms with Crippen LogP contribution in [0.5, 0.6) is 0 Å². The van der Waals surface area contributed by atoms with Crippen molar-refractivity contribution in [1.82, 2.24) is 5.32 Å². The average Bonchev–Trinajstić information content (AvgIpc) is 2.75. The molecule has 3 rings (SSSR count). The van der Waals surface area contributed by atoms with Gasteiger partial charge >= 0.3 is 0 Å². The summed E-state index contributed by atoms with van der Waals surface area (Å²) in [4.78, 5) is 36.1. The van der Waals surface area contributed by atoms with Gasteiger partial charge in [-0.25, -0.2) is 0 Å². The molecular weight excluding hydrogens is 418 g/mol. The van der Waals surface area contributed by atoms with Crippen molar-refractivity contribution in [3.05, 3.63) is 110 Å². The van der Waals surface area contributed by atoms with Crippen molar-refractivity contribution in [3.63, 3.8) is 0 Å². The summed E-state index contributed by atoms with van der Waals surface area (Å²) in [6.45, 7) is 1.90. The van der Waals surface area contributed by atoms with E-state index in [4.69, 9.17) is 11.6 Å². The molecule has 31 heavy (non-hydrogen) atoms. The fourth-order valence-electron chi connectivity index (χ4n) is 2.68. The standard InChI is InChI=1S/C23H18ClN3O4/c1-15-5-7-17(8-6-15)22(28)26-21(14-16-3-2-4-20(13-16)27(30)31)23(29)25-19-11-9-18(24)10-12-19/h2-14H,1H3,(H,25,29)(H,26,28)/b21-14+. The van der Waals surface area contributed by atoms with Crippen LogP contribution in [-0.4, -0.2) is 16.7 Å². The van der Waals surface area contributed by atoms with E-state index in [0.717, 1.165) is 5.56 Å². The van der Waals surface area contributed by atoms with Crippen molar-refractivity contribution in [2.24, 2.45) is 0 Å². The predicted molar refractivity (Wildman–Crippen MR) is 120 cm³/mol. The van der Waals surface area contributed by atoms with Crippen molar-refractivity contribution in [2.75, 3.05) is 5.32 Å². The molecule has 2 N–H and O–H groups in total. The summed E-state index contributed by atoms with van der Waals surface area (Å²) in [5.74, 6) is -1.07. The van der Waals surface area contributed by atoms with E-state index in [1.54, 1.807) is 54.6 Å². The molecule has 3 aromatic carbocycles. The molecular formula is C23H18ClN3O4. The highest BCUT2D eigenvalue weighted by atomic mass is 35.5. The van der Waals surface area contributed by atoms with Crippen LogP contribution in [0.15, 0.2) is 78.5 Å². The Balaban J connectivity index is 1.92. The quantitative estimate of drug-likeness (QED) is 0.324. The molecule has 2 amide bonds. The monoisotopic (exact) mass is 435 g/mol. The molecule has 0 aliphatic heterocycles. The number of carbonyl (C=O) groups excluding carboxylic acids is 2. The number of non-ortho nitro benzene ring substituents is 1. The lowest BCUT2D eigenvalue weighted by atomic mass is 10.1. The molecule has 0 aromatic heterocycles. The molecule has 3 aromatic rings. The molecule has 0 saturated carbocycles. The highest BCUT2D eigenvalue weighted by Crippen LogP contribution is 2.18. The number of halogens is 1. The number of nitrogens with one attached hydrogen (secondary N) is 2.